The van der Waals surface area contributed by atoms with Crippen molar-refractivity contribution in [2.24, 2.45) is 5.73 Å². The van der Waals surface area contributed by atoms with E-state index in [9.17, 15) is 0 Å². The first-order chi connectivity index (χ1) is 7.74. The first-order valence-corrected chi connectivity index (χ1v) is 5.66. The van der Waals surface area contributed by atoms with Gasteiger partial charge in [-0.15, -0.1) is 0 Å². The molecular formula is C13H12N2S. The van der Waals surface area contributed by atoms with Crippen molar-refractivity contribution < 1.29 is 0 Å². The van der Waals surface area contributed by atoms with E-state index in [2.05, 4.69) is 12.1 Å². The van der Waals surface area contributed by atoms with Gasteiger partial charge in [0.05, 0.1) is 5.57 Å². The Bertz CT molecular complexity index is 509. The van der Waals surface area contributed by atoms with Gasteiger partial charge >= 0.3 is 0 Å². The van der Waals surface area contributed by atoms with Crippen molar-refractivity contribution in [2.45, 2.75) is 19.3 Å². The van der Waals surface area contributed by atoms with Gasteiger partial charge in [0.15, 0.2) is 0 Å². The molecule has 16 heavy (non-hydrogen) atoms. The number of nitriles is 1. The zero-order chi connectivity index (χ0) is 11.5. The van der Waals surface area contributed by atoms with Crippen molar-refractivity contribution >= 4 is 22.8 Å². The van der Waals surface area contributed by atoms with E-state index in [1.54, 1.807) is 0 Å². The number of fused-ring (bicyclic) bond motifs is 1. The number of hydrogen-bond donors (Lipinski definition) is 1. The summed E-state index contributed by atoms with van der Waals surface area (Å²) in [6.07, 6.45) is 3.01. The highest BCUT2D eigenvalue weighted by Gasteiger charge is 2.18. The summed E-state index contributed by atoms with van der Waals surface area (Å²) in [5.74, 6) is 0. The van der Waals surface area contributed by atoms with E-state index in [-0.39, 0.29) is 4.99 Å². The van der Waals surface area contributed by atoms with Gasteiger partial charge in [0, 0.05) is 0 Å². The van der Waals surface area contributed by atoms with Gasteiger partial charge < -0.3 is 5.73 Å². The smallest absolute Gasteiger partial charge is 0.114 e. The number of nitrogens with zero attached hydrogens (tertiary/aromatic N) is 1. The highest BCUT2D eigenvalue weighted by molar-refractivity contribution is 7.80. The Labute approximate surface area is 100 Å². The maximum absolute atomic E-state index is 9.10. The molecule has 2 N–H and O–H groups in total. The highest BCUT2D eigenvalue weighted by atomic mass is 32.1. The maximum atomic E-state index is 9.10. The van der Waals surface area contributed by atoms with Crippen LogP contribution in [0, 0.1) is 11.3 Å². The Kier molecular flexibility index (Phi) is 3.02. The lowest BCUT2D eigenvalue weighted by Crippen LogP contribution is -2.14. The van der Waals surface area contributed by atoms with Crippen molar-refractivity contribution in [2.75, 3.05) is 0 Å². The molecule has 0 fully saturated rings. The molecule has 0 atom stereocenters. The lowest BCUT2D eigenvalue weighted by Gasteiger charge is -2.19. The fourth-order valence-electron chi connectivity index (χ4n) is 2.15. The molecule has 0 heterocycles. The Morgan fingerprint density at radius 1 is 1.31 bits per heavy atom. The summed E-state index contributed by atoms with van der Waals surface area (Å²) >= 11 is 4.92. The van der Waals surface area contributed by atoms with Gasteiger partial charge in [0.2, 0.25) is 0 Å². The molecule has 0 spiro atoms. The largest absolute Gasteiger partial charge is 0.389 e. The number of hydrogen-bond acceptors (Lipinski definition) is 2. The third-order valence-corrected chi connectivity index (χ3v) is 3.08. The minimum Gasteiger partial charge on any atom is -0.389 e. The molecular weight excluding hydrogens is 216 g/mol. The molecule has 2 nitrogen and oxygen atoms in total. The van der Waals surface area contributed by atoms with Gasteiger partial charge in [-0.2, -0.15) is 5.26 Å². The second-order valence-electron chi connectivity index (χ2n) is 3.84. The number of allylic oxidation sites excluding steroid dienone is 1. The minimum atomic E-state index is 0.203. The first-order valence-electron chi connectivity index (χ1n) is 5.25. The quantitative estimate of drug-likeness (QED) is 0.456. The van der Waals surface area contributed by atoms with Crippen molar-refractivity contribution in [1.82, 2.24) is 0 Å². The zero-order valence-corrected chi connectivity index (χ0v) is 9.68. The lowest BCUT2D eigenvalue weighted by atomic mass is 9.85. The molecule has 1 aromatic rings. The van der Waals surface area contributed by atoms with Crippen LogP contribution in [0.25, 0.3) is 5.57 Å². The number of aryl methyl sites for hydroxylation is 1. The Balaban J connectivity index is 2.62. The minimum absolute atomic E-state index is 0.203. The van der Waals surface area contributed by atoms with E-state index >= 15 is 0 Å². The Morgan fingerprint density at radius 2 is 2.06 bits per heavy atom. The van der Waals surface area contributed by atoms with E-state index in [4.69, 9.17) is 23.2 Å². The second-order valence-corrected chi connectivity index (χ2v) is 4.28. The average molecular weight is 228 g/mol. The summed E-state index contributed by atoms with van der Waals surface area (Å²) in [6.45, 7) is 0. The SMILES string of the molecule is N#CC(C(N)=S)=C1CCCc2ccccc21. The van der Waals surface area contributed by atoms with Crippen LogP contribution >= 0.6 is 12.2 Å². The summed E-state index contributed by atoms with van der Waals surface area (Å²) in [6, 6.07) is 10.3. The second kappa shape index (κ2) is 4.46. The summed E-state index contributed by atoms with van der Waals surface area (Å²) in [5.41, 5.74) is 9.49. The van der Waals surface area contributed by atoms with Crippen LogP contribution in [0.5, 0.6) is 0 Å². The highest BCUT2D eigenvalue weighted by Crippen LogP contribution is 2.32. The number of thiocarbonyl (C=S) groups is 1. The van der Waals surface area contributed by atoms with Crippen LogP contribution in [-0.2, 0) is 6.42 Å². The topological polar surface area (TPSA) is 49.8 Å². The Hall–Kier alpha value is -1.66. The molecule has 0 saturated heterocycles. The summed E-state index contributed by atoms with van der Waals surface area (Å²) in [4.78, 5) is 0.203. The summed E-state index contributed by atoms with van der Waals surface area (Å²) in [5, 5.41) is 9.10. The van der Waals surface area contributed by atoms with Gasteiger partial charge in [0.25, 0.3) is 0 Å². The molecule has 0 bridgehead atoms. The standard InChI is InChI=1S/C13H12N2S/c14-8-12(13(15)16)11-7-3-5-9-4-1-2-6-10(9)11/h1-2,4,6H,3,5,7H2,(H2,15,16). The van der Waals surface area contributed by atoms with E-state index in [1.165, 1.54) is 5.56 Å². The molecule has 0 amide bonds. The number of rotatable bonds is 1. The number of benzene rings is 1. The molecule has 2 rings (SSSR count). The van der Waals surface area contributed by atoms with E-state index in [0.29, 0.717) is 5.57 Å². The van der Waals surface area contributed by atoms with Crippen LogP contribution in [0.15, 0.2) is 29.8 Å². The van der Waals surface area contributed by atoms with Crippen LogP contribution < -0.4 is 5.73 Å². The van der Waals surface area contributed by atoms with Crippen molar-refractivity contribution in [3.8, 4) is 6.07 Å². The van der Waals surface area contributed by atoms with Crippen LogP contribution in [0.4, 0.5) is 0 Å². The molecule has 3 heteroatoms. The van der Waals surface area contributed by atoms with Crippen molar-refractivity contribution in [1.29, 1.82) is 5.26 Å². The van der Waals surface area contributed by atoms with Crippen LogP contribution in [0.2, 0.25) is 0 Å². The van der Waals surface area contributed by atoms with E-state index < -0.39 is 0 Å². The average Bonchev–Trinajstić information content (AvgIpc) is 2.30. The summed E-state index contributed by atoms with van der Waals surface area (Å²) in [7, 11) is 0. The normalized spacial score (nSPS) is 17.2. The summed E-state index contributed by atoms with van der Waals surface area (Å²) < 4.78 is 0. The molecule has 1 aliphatic carbocycles. The lowest BCUT2D eigenvalue weighted by molar-refractivity contribution is 0.821. The third kappa shape index (κ3) is 1.84. The fraction of sp³-hybridized carbons (Fsp3) is 0.231. The molecule has 0 aromatic heterocycles. The van der Waals surface area contributed by atoms with Gasteiger partial charge in [0.1, 0.15) is 11.1 Å². The van der Waals surface area contributed by atoms with Crippen LogP contribution in [-0.4, -0.2) is 4.99 Å². The monoisotopic (exact) mass is 228 g/mol. The van der Waals surface area contributed by atoms with Gasteiger partial charge in [-0.1, -0.05) is 36.5 Å². The third-order valence-electron chi connectivity index (χ3n) is 2.88. The van der Waals surface area contributed by atoms with Crippen LogP contribution in [0.3, 0.4) is 0 Å². The molecule has 0 unspecified atom stereocenters. The molecule has 0 radical (unpaired) electrons. The zero-order valence-electron chi connectivity index (χ0n) is 8.86. The molecule has 0 saturated carbocycles. The van der Waals surface area contributed by atoms with Crippen molar-refractivity contribution in [3.05, 3.63) is 41.0 Å². The molecule has 1 aliphatic rings. The van der Waals surface area contributed by atoms with Gasteiger partial charge in [-0.3, -0.25) is 0 Å². The molecule has 1 aromatic carbocycles. The number of nitrogens with two attached hydrogens (primary N) is 1. The van der Waals surface area contributed by atoms with Crippen LogP contribution in [0.1, 0.15) is 24.0 Å². The van der Waals surface area contributed by atoms with E-state index in [0.717, 1.165) is 30.4 Å². The van der Waals surface area contributed by atoms with E-state index in [1.807, 2.05) is 18.2 Å². The maximum Gasteiger partial charge on any atom is 0.114 e. The predicted molar refractivity (Wildman–Crippen MR) is 68.7 cm³/mol. The first kappa shape index (κ1) is 10.8. The Morgan fingerprint density at radius 3 is 2.75 bits per heavy atom. The van der Waals surface area contributed by atoms with Gasteiger partial charge in [-0.25, -0.2) is 0 Å². The molecule has 80 valence electrons. The fourth-order valence-corrected chi connectivity index (χ4v) is 2.32. The van der Waals surface area contributed by atoms with Gasteiger partial charge in [-0.05, 0) is 36.0 Å². The predicted octanol–water partition coefficient (Wildman–Crippen LogP) is 2.59. The van der Waals surface area contributed by atoms with Crippen molar-refractivity contribution in [3.63, 3.8) is 0 Å². The molecule has 0 aliphatic heterocycles.